The zero-order chi connectivity index (χ0) is 14.2. The molecule has 3 rings (SSSR count). The van der Waals surface area contributed by atoms with E-state index in [-0.39, 0.29) is 4.90 Å². The molecule has 1 fully saturated rings. The molecule has 0 aliphatic carbocycles. The van der Waals surface area contributed by atoms with Gasteiger partial charge in [0.25, 0.3) is 0 Å². The zero-order valence-electron chi connectivity index (χ0n) is 10.9. The van der Waals surface area contributed by atoms with Crippen LogP contribution in [0.25, 0.3) is 11.0 Å². The molecule has 2 heterocycles. The van der Waals surface area contributed by atoms with Crippen molar-refractivity contribution in [2.75, 3.05) is 13.1 Å². The number of piperidine rings is 1. The largest absolute Gasteiger partial charge is 0.423 e. The van der Waals surface area contributed by atoms with Crippen molar-refractivity contribution in [2.45, 2.75) is 24.2 Å². The Balaban J connectivity index is 2.04. The summed E-state index contributed by atoms with van der Waals surface area (Å²) in [6.07, 6.45) is 2.89. The third-order valence-corrected chi connectivity index (χ3v) is 5.44. The van der Waals surface area contributed by atoms with Crippen LogP contribution in [-0.4, -0.2) is 25.8 Å². The highest BCUT2D eigenvalue weighted by Gasteiger charge is 2.26. The van der Waals surface area contributed by atoms with E-state index in [1.807, 2.05) is 0 Å². The van der Waals surface area contributed by atoms with E-state index in [0.717, 1.165) is 19.3 Å². The molecular weight excluding hydrogens is 278 g/mol. The van der Waals surface area contributed by atoms with Gasteiger partial charge < -0.3 is 4.42 Å². The van der Waals surface area contributed by atoms with Crippen molar-refractivity contribution in [3.63, 3.8) is 0 Å². The van der Waals surface area contributed by atoms with Gasteiger partial charge in [-0.1, -0.05) is 6.42 Å². The summed E-state index contributed by atoms with van der Waals surface area (Å²) in [5.41, 5.74) is -0.0424. The van der Waals surface area contributed by atoms with E-state index >= 15 is 0 Å². The Morgan fingerprint density at radius 1 is 1.00 bits per heavy atom. The maximum Gasteiger partial charge on any atom is 0.336 e. The molecule has 0 unspecified atom stereocenters. The lowest BCUT2D eigenvalue weighted by molar-refractivity contribution is 0.346. The molecule has 0 radical (unpaired) electrons. The number of hydrogen-bond acceptors (Lipinski definition) is 4. The molecule has 1 aliphatic rings. The molecule has 0 spiro atoms. The average molecular weight is 293 g/mol. The van der Waals surface area contributed by atoms with Gasteiger partial charge in [0.2, 0.25) is 10.0 Å². The molecule has 5 nitrogen and oxygen atoms in total. The Labute approximate surface area is 116 Å². The maximum atomic E-state index is 12.5. The first-order valence-electron chi connectivity index (χ1n) is 6.61. The molecule has 2 aromatic rings. The molecule has 1 saturated heterocycles. The molecular formula is C14H15NO4S. The van der Waals surface area contributed by atoms with Crippen LogP contribution in [0, 0.1) is 0 Å². The van der Waals surface area contributed by atoms with Gasteiger partial charge in [-0.15, -0.1) is 0 Å². The molecule has 0 N–H and O–H groups in total. The Bertz CT molecular complexity index is 788. The van der Waals surface area contributed by atoms with Gasteiger partial charge in [-0.25, -0.2) is 13.2 Å². The molecule has 0 atom stereocenters. The summed E-state index contributed by atoms with van der Waals surface area (Å²) in [6, 6.07) is 7.46. The van der Waals surface area contributed by atoms with Gasteiger partial charge in [0, 0.05) is 24.5 Å². The molecule has 0 bridgehead atoms. The Morgan fingerprint density at radius 2 is 1.75 bits per heavy atom. The number of benzene rings is 1. The van der Waals surface area contributed by atoms with Gasteiger partial charge in [-0.05, 0) is 37.1 Å². The normalized spacial score (nSPS) is 17.4. The van der Waals surface area contributed by atoms with Crippen LogP contribution >= 0.6 is 0 Å². The van der Waals surface area contributed by atoms with Gasteiger partial charge in [0.05, 0.1) is 4.90 Å². The second-order valence-electron chi connectivity index (χ2n) is 4.92. The molecule has 6 heteroatoms. The number of fused-ring (bicyclic) bond motifs is 1. The van der Waals surface area contributed by atoms with Gasteiger partial charge in [-0.3, -0.25) is 0 Å². The highest BCUT2D eigenvalue weighted by molar-refractivity contribution is 7.89. The summed E-state index contributed by atoms with van der Waals surface area (Å²) in [5.74, 6) is 0. The molecule has 1 aromatic carbocycles. The van der Waals surface area contributed by atoms with Crippen molar-refractivity contribution < 1.29 is 12.8 Å². The molecule has 0 saturated carbocycles. The molecule has 20 heavy (non-hydrogen) atoms. The zero-order valence-corrected chi connectivity index (χ0v) is 11.7. The summed E-state index contributed by atoms with van der Waals surface area (Å²) in [6.45, 7) is 1.15. The lowest BCUT2D eigenvalue weighted by atomic mass is 10.2. The SMILES string of the molecule is O=c1ccc2cc(S(=O)(=O)N3CCCCC3)ccc2o1. The highest BCUT2D eigenvalue weighted by atomic mass is 32.2. The lowest BCUT2D eigenvalue weighted by Crippen LogP contribution is -2.35. The molecule has 1 aromatic heterocycles. The van der Waals surface area contributed by atoms with Crippen LogP contribution in [-0.2, 0) is 10.0 Å². The van der Waals surface area contributed by atoms with Crippen LogP contribution < -0.4 is 5.63 Å². The number of hydrogen-bond donors (Lipinski definition) is 0. The summed E-state index contributed by atoms with van der Waals surface area (Å²) in [5, 5.41) is 0.614. The average Bonchev–Trinajstić information content (AvgIpc) is 2.47. The van der Waals surface area contributed by atoms with Crippen molar-refractivity contribution >= 4 is 21.0 Å². The summed E-state index contributed by atoms with van der Waals surface area (Å²) in [4.78, 5) is 11.4. The van der Waals surface area contributed by atoms with E-state index in [1.54, 1.807) is 12.1 Å². The lowest BCUT2D eigenvalue weighted by Gasteiger charge is -2.25. The predicted molar refractivity (Wildman–Crippen MR) is 75.1 cm³/mol. The highest BCUT2D eigenvalue weighted by Crippen LogP contribution is 2.23. The Kier molecular flexibility index (Phi) is 3.35. The number of rotatable bonds is 2. The first kappa shape index (κ1) is 13.3. The van der Waals surface area contributed by atoms with Crippen LogP contribution in [0.3, 0.4) is 0 Å². The minimum absolute atomic E-state index is 0.251. The van der Waals surface area contributed by atoms with E-state index in [4.69, 9.17) is 4.42 Å². The van der Waals surface area contributed by atoms with Crippen LogP contribution in [0.4, 0.5) is 0 Å². The second kappa shape index (κ2) is 5.03. The smallest absolute Gasteiger partial charge is 0.336 e. The predicted octanol–water partition coefficient (Wildman–Crippen LogP) is 1.97. The van der Waals surface area contributed by atoms with Crippen LogP contribution in [0.1, 0.15) is 19.3 Å². The molecule has 1 aliphatic heterocycles. The van der Waals surface area contributed by atoms with Crippen molar-refractivity contribution in [1.29, 1.82) is 0 Å². The van der Waals surface area contributed by atoms with Crippen LogP contribution in [0.5, 0.6) is 0 Å². The third kappa shape index (κ3) is 2.36. The van der Waals surface area contributed by atoms with Crippen LogP contribution in [0.2, 0.25) is 0 Å². The summed E-state index contributed by atoms with van der Waals surface area (Å²) >= 11 is 0. The first-order chi connectivity index (χ1) is 9.57. The summed E-state index contributed by atoms with van der Waals surface area (Å²) in [7, 11) is -3.45. The van der Waals surface area contributed by atoms with E-state index in [2.05, 4.69) is 0 Å². The standard InChI is InChI=1S/C14H15NO4S/c16-14-7-4-11-10-12(5-6-13(11)19-14)20(17,18)15-8-2-1-3-9-15/h4-7,10H,1-3,8-9H2. The second-order valence-corrected chi connectivity index (χ2v) is 6.86. The van der Waals surface area contributed by atoms with E-state index in [9.17, 15) is 13.2 Å². The van der Waals surface area contributed by atoms with E-state index < -0.39 is 15.6 Å². The third-order valence-electron chi connectivity index (χ3n) is 3.54. The Hall–Kier alpha value is -1.66. The van der Waals surface area contributed by atoms with Crippen molar-refractivity contribution in [2.24, 2.45) is 0 Å². The number of nitrogens with zero attached hydrogens (tertiary/aromatic N) is 1. The minimum atomic E-state index is -3.45. The molecule has 0 amide bonds. The van der Waals surface area contributed by atoms with Gasteiger partial charge in [0.15, 0.2) is 0 Å². The fourth-order valence-electron chi connectivity index (χ4n) is 2.46. The minimum Gasteiger partial charge on any atom is -0.423 e. The topological polar surface area (TPSA) is 67.6 Å². The Morgan fingerprint density at radius 3 is 2.50 bits per heavy atom. The van der Waals surface area contributed by atoms with E-state index in [1.165, 1.54) is 22.5 Å². The van der Waals surface area contributed by atoms with Crippen molar-refractivity contribution in [1.82, 2.24) is 4.31 Å². The van der Waals surface area contributed by atoms with Crippen LogP contribution in [0.15, 0.2) is 44.4 Å². The van der Waals surface area contributed by atoms with Crippen molar-refractivity contribution in [3.05, 3.63) is 40.8 Å². The van der Waals surface area contributed by atoms with Gasteiger partial charge >= 0.3 is 5.63 Å². The maximum absolute atomic E-state index is 12.5. The van der Waals surface area contributed by atoms with E-state index in [0.29, 0.717) is 24.1 Å². The van der Waals surface area contributed by atoms with Gasteiger partial charge in [-0.2, -0.15) is 4.31 Å². The monoisotopic (exact) mass is 293 g/mol. The quantitative estimate of drug-likeness (QED) is 0.794. The number of sulfonamides is 1. The van der Waals surface area contributed by atoms with Gasteiger partial charge in [0.1, 0.15) is 5.58 Å². The molecule has 106 valence electrons. The van der Waals surface area contributed by atoms with Crippen molar-refractivity contribution in [3.8, 4) is 0 Å². The first-order valence-corrected chi connectivity index (χ1v) is 8.05. The fraction of sp³-hybridized carbons (Fsp3) is 0.357. The fourth-order valence-corrected chi connectivity index (χ4v) is 4.02. The summed E-state index contributed by atoms with van der Waals surface area (Å²) < 4.78 is 31.6.